The van der Waals surface area contributed by atoms with Crippen LogP contribution in [0.4, 0.5) is 10.1 Å². The molecular formula is C11H13FN2. The second-order valence-electron chi connectivity index (χ2n) is 4.15. The van der Waals surface area contributed by atoms with Crippen molar-refractivity contribution >= 4 is 5.69 Å². The molecule has 2 aliphatic heterocycles. The lowest BCUT2D eigenvalue weighted by Gasteiger charge is -2.20. The molecule has 1 fully saturated rings. The van der Waals surface area contributed by atoms with Gasteiger partial charge in [0.15, 0.2) is 0 Å². The summed E-state index contributed by atoms with van der Waals surface area (Å²) >= 11 is 0. The summed E-state index contributed by atoms with van der Waals surface area (Å²) in [5.41, 5.74) is 2.37. The number of benzene rings is 1. The number of nitrogens with zero attached hydrogens (tertiary/aromatic N) is 1. The molecule has 74 valence electrons. The quantitative estimate of drug-likeness (QED) is 0.667. The van der Waals surface area contributed by atoms with E-state index in [-0.39, 0.29) is 5.82 Å². The highest BCUT2D eigenvalue weighted by molar-refractivity contribution is 5.62. The Morgan fingerprint density at radius 3 is 3.14 bits per heavy atom. The Morgan fingerprint density at radius 1 is 1.43 bits per heavy atom. The summed E-state index contributed by atoms with van der Waals surface area (Å²) in [5.74, 6) is 0.357. The number of halogens is 1. The van der Waals surface area contributed by atoms with Crippen molar-refractivity contribution in [2.24, 2.45) is 0 Å². The van der Waals surface area contributed by atoms with Crippen molar-refractivity contribution in [1.82, 2.24) is 5.32 Å². The summed E-state index contributed by atoms with van der Waals surface area (Å²) in [5, 5.41) is 3.35. The van der Waals surface area contributed by atoms with E-state index in [0.29, 0.717) is 12.0 Å². The molecule has 0 amide bonds. The van der Waals surface area contributed by atoms with Crippen molar-refractivity contribution in [2.75, 3.05) is 25.0 Å². The predicted octanol–water partition coefficient (Wildman–Crippen LogP) is 1.33. The molecule has 14 heavy (non-hydrogen) atoms. The zero-order valence-electron chi connectivity index (χ0n) is 8.13. The van der Waals surface area contributed by atoms with Gasteiger partial charge in [-0.2, -0.15) is 0 Å². The van der Waals surface area contributed by atoms with Crippen molar-refractivity contribution in [2.45, 2.75) is 12.0 Å². The Bertz CT molecular complexity index is 378. The van der Waals surface area contributed by atoms with Crippen LogP contribution in [0.3, 0.4) is 0 Å². The molecule has 2 aliphatic rings. The van der Waals surface area contributed by atoms with Gasteiger partial charge in [0.05, 0.1) is 0 Å². The molecule has 0 saturated carbocycles. The molecule has 1 aromatic carbocycles. The van der Waals surface area contributed by atoms with Crippen LogP contribution in [-0.2, 0) is 0 Å². The topological polar surface area (TPSA) is 15.3 Å². The average Bonchev–Trinajstić information content (AvgIpc) is 2.71. The zero-order chi connectivity index (χ0) is 9.71. The number of rotatable bonds is 0. The molecule has 0 spiro atoms. The maximum absolute atomic E-state index is 13.1. The second-order valence-corrected chi connectivity index (χ2v) is 4.15. The van der Waals surface area contributed by atoms with Crippen molar-refractivity contribution in [3.05, 3.63) is 29.6 Å². The fraction of sp³-hybridized carbons (Fsp3) is 0.455. The molecule has 0 bridgehead atoms. The first-order valence-electron chi connectivity index (χ1n) is 5.00. The van der Waals surface area contributed by atoms with Crippen LogP contribution in [0.25, 0.3) is 0 Å². The van der Waals surface area contributed by atoms with Gasteiger partial charge < -0.3 is 10.2 Å². The van der Waals surface area contributed by atoms with E-state index < -0.39 is 0 Å². The molecule has 3 rings (SSSR count). The minimum Gasteiger partial charge on any atom is -0.369 e. The van der Waals surface area contributed by atoms with E-state index in [1.54, 1.807) is 12.1 Å². The lowest BCUT2D eigenvalue weighted by molar-refractivity contribution is 0.621. The van der Waals surface area contributed by atoms with Gasteiger partial charge >= 0.3 is 0 Å². The molecule has 2 atom stereocenters. The van der Waals surface area contributed by atoms with Gasteiger partial charge in [-0.3, -0.25) is 0 Å². The predicted molar refractivity (Wildman–Crippen MR) is 54.2 cm³/mol. The van der Waals surface area contributed by atoms with E-state index >= 15 is 0 Å². The number of hydrogen-bond acceptors (Lipinski definition) is 2. The lowest BCUT2D eigenvalue weighted by Crippen LogP contribution is -2.31. The van der Waals surface area contributed by atoms with Crippen LogP contribution in [0, 0.1) is 5.82 Å². The van der Waals surface area contributed by atoms with Gasteiger partial charge in [-0.05, 0) is 23.8 Å². The number of nitrogens with one attached hydrogen (secondary N) is 1. The molecule has 2 heterocycles. The molecule has 0 aliphatic carbocycles. The first-order valence-corrected chi connectivity index (χ1v) is 5.00. The summed E-state index contributed by atoms with van der Waals surface area (Å²) in [6, 6.07) is 5.64. The summed E-state index contributed by atoms with van der Waals surface area (Å²) < 4.78 is 13.1. The molecule has 0 aromatic heterocycles. The molecule has 1 aromatic rings. The number of anilines is 1. The van der Waals surface area contributed by atoms with E-state index in [9.17, 15) is 4.39 Å². The molecule has 1 saturated heterocycles. The van der Waals surface area contributed by atoms with E-state index in [4.69, 9.17) is 0 Å². The fourth-order valence-electron chi connectivity index (χ4n) is 2.71. The molecule has 2 unspecified atom stereocenters. The average molecular weight is 192 g/mol. The monoisotopic (exact) mass is 192 g/mol. The number of hydrogen-bond donors (Lipinski definition) is 1. The Balaban J connectivity index is 2.13. The van der Waals surface area contributed by atoms with Gasteiger partial charge in [-0.1, -0.05) is 0 Å². The highest BCUT2D eigenvalue weighted by Gasteiger charge is 2.39. The summed E-state index contributed by atoms with van der Waals surface area (Å²) in [6.07, 6.45) is 0. The Kier molecular flexibility index (Phi) is 1.59. The van der Waals surface area contributed by atoms with Gasteiger partial charge in [0.1, 0.15) is 5.82 Å². The Hall–Kier alpha value is -1.09. The maximum atomic E-state index is 13.1. The summed E-state index contributed by atoms with van der Waals surface area (Å²) in [7, 11) is 2.09. The third-order valence-electron chi connectivity index (χ3n) is 3.45. The first kappa shape index (κ1) is 8.24. The summed E-state index contributed by atoms with van der Waals surface area (Å²) in [6.45, 7) is 1.99. The first-order chi connectivity index (χ1) is 6.77. The molecular weight excluding hydrogens is 179 g/mol. The van der Waals surface area contributed by atoms with Crippen LogP contribution < -0.4 is 10.2 Å². The maximum Gasteiger partial charge on any atom is 0.123 e. The largest absolute Gasteiger partial charge is 0.369 e. The van der Waals surface area contributed by atoms with Crippen LogP contribution >= 0.6 is 0 Å². The van der Waals surface area contributed by atoms with E-state index in [1.165, 1.54) is 11.3 Å². The molecule has 1 N–H and O–H groups in total. The van der Waals surface area contributed by atoms with Crippen LogP contribution in [0.5, 0.6) is 0 Å². The minimum atomic E-state index is -0.121. The van der Waals surface area contributed by atoms with Crippen molar-refractivity contribution in [1.29, 1.82) is 0 Å². The van der Waals surface area contributed by atoms with Gasteiger partial charge in [0.25, 0.3) is 0 Å². The van der Waals surface area contributed by atoms with E-state index in [1.807, 2.05) is 6.07 Å². The van der Waals surface area contributed by atoms with Gasteiger partial charge in [-0.15, -0.1) is 0 Å². The van der Waals surface area contributed by atoms with Crippen molar-refractivity contribution in [3.8, 4) is 0 Å². The third kappa shape index (κ3) is 0.932. The van der Waals surface area contributed by atoms with Crippen LogP contribution in [0.1, 0.15) is 11.5 Å². The van der Waals surface area contributed by atoms with Gasteiger partial charge in [0.2, 0.25) is 0 Å². The minimum absolute atomic E-state index is 0.121. The molecule has 0 radical (unpaired) electrons. The van der Waals surface area contributed by atoms with Crippen LogP contribution in [0.2, 0.25) is 0 Å². The van der Waals surface area contributed by atoms with Crippen molar-refractivity contribution in [3.63, 3.8) is 0 Å². The van der Waals surface area contributed by atoms with Crippen LogP contribution in [-0.4, -0.2) is 26.2 Å². The SMILES string of the molecule is CN1c2ccc(F)cc2C2CNCC21. The van der Waals surface area contributed by atoms with Crippen molar-refractivity contribution < 1.29 is 4.39 Å². The Morgan fingerprint density at radius 2 is 2.29 bits per heavy atom. The molecule has 3 heteroatoms. The fourth-order valence-corrected chi connectivity index (χ4v) is 2.71. The standard InChI is InChI=1S/C11H13FN2/c1-14-10-3-2-7(12)4-8(10)9-5-13-6-11(9)14/h2-4,9,11,13H,5-6H2,1H3. The summed E-state index contributed by atoms with van der Waals surface area (Å²) in [4.78, 5) is 2.26. The molecule has 2 nitrogen and oxygen atoms in total. The smallest absolute Gasteiger partial charge is 0.123 e. The zero-order valence-corrected chi connectivity index (χ0v) is 8.13. The van der Waals surface area contributed by atoms with E-state index in [2.05, 4.69) is 17.3 Å². The van der Waals surface area contributed by atoms with Gasteiger partial charge in [0, 0.05) is 37.8 Å². The highest BCUT2D eigenvalue weighted by atomic mass is 19.1. The van der Waals surface area contributed by atoms with Gasteiger partial charge in [-0.25, -0.2) is 4.39 Å². The number of likely N-dealkylation sites (N-methyl/N-ethyl adjacent to an activating group) is 1. The lowest BCUT2D eigenvalue weighted by atomic mass is 9.98. The number of fused-ring (bicyclic) bond motifs is 3. The normalized spacial score (nSPS) is 29.1. The van der Waals surface area contributed by atoms with E-state index in [0.717, 1.165) is 13.1 Å². The Labute approximate surface area is 82.7 Å². The van der Waals surface area contributed by atoms with Crippen LogP contribution in [0.15, 0.2) is 18.2 Å². The second kappa shape index (κ2) is 2.70. The highest BCUT2D eigenvalue weighted by Crippen LogP contribution is 2.41. The third-order valence-corrected chi connectivity index (χ3v) is 3.45.